The van der Waals surface area contributed by atoms with E-state index in [1.165, 1.54) is 0 Å². The molecule has 2 atom stereocenters. The van der Waals surface area contributed by atoms with Crippen molar-refractivity contribution >= 4 is 29.6 Å². The van der Waals surface area contributed by atoms with Crippen LogP contribution in [0.25, 0.3) is 0 Å². The highest BCUT2D eigenvalue weighted by molar-refractivity contribution is 6.30. The zero-order valence-corrected chi connectivity index (χ0v) is 21.1. The maximum atomic E-state index is 13.8. The molecule has 1 aliphatic heterocycles. The molecule has 4 aromatic rings. The largest absolute Gasteiger partial charge is 0.488 e. The number of nitrogens with zero attached hydrogens (tertiary/aromatic N) is 2. The van der Waals surface area contributed by atoms with E-state index in [9.17, 15) is 9.59 Å². The molecule has 5 nitrogen and oxygen atoms in total. The van der Waals surface area contributed by atoms with Crippen molar-refractivity contribution in [1.82, 2.24) is 5.01 Å². The Kier molecular flexibility index (Phi) is 5.41. The SMILES string of the molecule is O=C1[C@H]2C3c4ccccc4C(c4ccccc43)[C@@H]2C(=O)N1/N=C\c1ccccc1OCc1ccc(Cl)cc1. The third-order valence-corrected chi connectivity index (χ3v) is 8.22. The summed E-state index contributed by atoms with van der Waals surface area (Å²) in [4.78, 5) is 27.5. The average molecular weight is 519 g/mol. The summed E-state index contributed by atoms with van der Waals surface area (Å²) in [5.74, 6) is -1.07. The molecule has 38 heavy (non-hydrogen) atoms. The van der Waals surface area contributed by atoms with Gasteiger partial charge in [0.15, 0.2) is 0 Å². The van der Waals surface area contributed by atoms with E-state index in [4.69, 9.17) is 16.3 Å². The predicted molar refractivity (Wildman–Crippen MR) is 145 cm³/mol. The lowest BCUT2D eigenvalue weighted by Gasteiger charge is -2.45. The molecule has 6 heteroatoms. The Morgan fingerprint density at radius 1 is 0.711 bits per heavy atom. The van der Waals surface area contributed by atoms with Crippen LogP contribution in [-0.4, -0.2) is 23.0 Å². The number of carbonyl (C=O) groups excluding carboxylic acids is 2. The van der Waals surface area contributed by atoms with E-state index in [2.05, 4.69) is 29.4 Å². The molecule has 4 aromatic carbocycles. The smallest absolute Gasteiger partial charge is 0.254 e. The van der Waals surface area contributed by atoms with Gasteiger partial charge in [-0.25, -0.2) is 0 Å². The Balaban J connectivity index is 1.19. The Hall–Kier alpha value is -4.22. The van der Waals surface area contributed by atoms with E-state index in [0.29, 0.717) is 22.9 Å². The minimum absolute atomic E-state index is 0.149. The molecule has 1 heterocycles. The summed E-state index contributed by atoms with van der Waals surface area (Å²) in [5.41, 5.74) is 6.24. The highest BCUT2D eigenvalue weighted by Crippen LogP contribution is 2.60. The number of hydrogen-bond donors (Lipinski definition) is 0. The van der Waals surface area contributed by atoms with Crippen LogP contribution >= 0.6 is 11.6 Å². The predicted octanol–water partition coefficient (Wildman–Crippen LogP) is 6.15. The number of halogens is 1. The van der Waals surface area contributed by atoms with E-state index in [-0.39, 0.29) is 23.7 Å². The van der Waals surface area contributed by atoms with E-state index < -0.39 is 11.8 Å². The standard InChI is InChI=1S/C32H23ClN2O3/c33-21-15-13-19(14-16-21)18-38-26-12-6-1-7-20(26)17-34-35-31(36)29-27-22-8-2-3-9-23(22)28(30(29)32(35)37)25-11-5-4-10-24(25)27/h1-17,27-30H,18H2/b34-17-/t27?,28?,29-,30-/m0/s1. The first kappa shape index (κ1) is 22.9. The van der Waals surface area contributed by atoms with Gasteiger partial charge in [-0.15, -0.1) is 0 Å². The number of hydrogen-bond acceptors (Lipinski definition) is 4. The number of imide groups is 1. The van der Waals surface area contributed by atoms with Gasteiger partial charge in [-0.3, -0.25) is 9.59 Å². The number of para-hydroxylation sites is 1. The first-order valence-corrected chi connectivity index (χ1v) is 13.1. The molecule has 0 unspecified atom stereocenters. The van der Waals surface area contributed by atoms with Gasteiger partial charge in [-0.1, -0.05) is 84.4 Å². The summed E-state index contributed by atoms with van der Waals surface area (Å²) in [5, 5.41) is 6.20. The van der Waals surface area contributed by atoms with Crippen LogP contribution in [0.3, 0.4) is 0 Å². The lowest BCUT2D eigenvalue weighted by molar-refractivity contribution is -0.139. The minimum atomic E-state index is -0.453. The highest BCUT2D eigenvalue weighted by atomic mass is 35.5. The number of benzene rings is 4. The number of rotatable bonds is 5. The van der Waals surface area contributed by atoms with E-state index in [1.54, 1.807) is 6.21 Å². The minimum Gasteiger partial charge on any atom is -0.488 e. The second-order valence-corrected chi connectivity index (χ2v) is 10.4. The first-order chi connectivity index (χ1) is 18.6. The van der Waals surface area contributed by atoms with Gasteiger partial charge in [0.2, 0.25) is 0 Å². The van der Waals surface area contributed by atoms with Crippen LogP contribution in [0.2, 0.25) is 5.02 Å². The summed E-state index contributed by atoms with van der Waals surface area (Å²) < 4.78 is 6.03. The summed E-state index contributed by atoms with van der Waals surface area (Å²) in [6.07, 6.45) is 1.55. The van der Waals surface area contributed by atoms with Crippen molar-refractivity contribution in [1.29, 1.82) is 0 Å². The van der Waals surface area contributed by atoms with E-state index in [0.717, 1.165) is 32.8 Å². The van der Waals surface area contributed by atoms with Crippen molar-refractivity contribution in [2.45, 2.75) is 18.4 Å². The van der Waals surface area contributed by atoms with Crippen molar-refractivity contribution in [2.24, 2.45) is 16.9 Å². The van der Waals surface area contributed by atoms with Gasteiger partial charge in [0.25, 0.3) is 11.8 Å². The third kappa shape index (κ3) is 3.50. The van der Waals surface area contributed by atoms with Crippen LogP contribution in [0.4, 0.5) is 0 Å². The van der Waals surface area contributed by atoms with E-state index in [1.807, 2.05) is 72.8 Å². The first-order valence-electron chi connectivity index (χ1n) is 12.7. The molecule has 2 amide bonds. The fourth-order valence-corrected chi connectivity index (χ4v) is 6.48. The normalized spacial score (nSPS) is 22.9. The molecule has 4 aliphatic rings. The van der Waals surface area contributed by atoms with Crippen LogP contribution in [0.5, 0.6) is 5.75 Å². The molecule has 1 saturated heterocycles. The topological polar surface area (TPSA) is 59.0 Å². The molecule has 8 rings (SSSR count). The number of carbonyl (C=O) groups is 2. The van der Waals surface area contributed by atoms with Gasteiger partial charge in [-0.05, 0) is 52.1 Å². The number of hydrazone groups is 1. The Morgan fingerprint density at radius 2 is 1.21 bits per heavy atom. The summed E-state index contributed by atoms with van der Waals surface area (Å²) in [6, 6.07) is 31.3. The van der Waals surface area contributed by atoms with Crippen LogP contribution in [-0.2, 0) is 16.2 Å². The van der Waals surface area contributed by atoms with Gasteiger partial charge < -0.3 is 4.74 Å². The molecule has 0 N–H and O–H groups in total. The molecular weight excluding hydrogens is 496 g/mol. The molecule has 0 spiro atoms. The van der Waals surface area contributed by atoms with Crippen molar-refractivity contribution < 1.29 is 14.3 Å². The van der Waals surface area contributed by atoms with Gasteiger partial charge in [0.05, 0.1) is 18.1 Å². The molecule has 186 valence electrons. The summed E-state index contributed by atoms with van der Waals surface area (Å²) in [6.45, 7) is 0.355. The van der Waals surface area contributed by atoms with Gasteiger partial charge >= 0.3 is 0 Å². The van der Waals surface area contributed by atoms with Crippen LogP contribution in [0.15, 0.2) is 102 Å². The lowest BCUT2D eigenvalue weighted by Crippen LogP contribution is -2.41. The molecule has 1 fully saturated rings. The molecular formula is C32H23ClN2O3. The molecule has 3 aliphatic carbocycles. The number of amides is 2. The third-order valence-electron chi connectivity index (χ3n) is 7.96. The molecule has 2 bridgehead atoms. The van der Waals surface area contributed by atoms with Gasteiger partial charge in [0, 0.05) is 22.4 Å². The van der Waals surface area contributed by atoms with Crippen molar-refractivity contribution in [3.8, 4) is 5.75 Å². The lowest BCUT2D eigenvalue weighted by atomic mass is 9.55. The Bertz CT molecular complexity index is 1500. The fourth-order valence-electron chi connectivity index (χ4n) is 6.36. The molecule has 0 aromatic heterocycles. The van der Waals surface area contributed by atoms with E-state index >= 15 is 0 Å². The van der Waals surface area contributed by atoms with Crippen molar-refractivity contribution in [3.05, 3.63) is 135 Å². The fraction of sp³-hybridized carbons (Fsp3) is 0.156. The monoisotopic (exact) mass is 518 g/mol. The maximum absolute atomic E-state index is 13.8. The second-order valence-electron chi connectivity index (χ2n) is 9.95. The zero-order chi connectivity index (χ0) is 25.8. The van der Waals surface area contributed by atoms with Crippen LogP contribution in [0.1, 0.15) is 45.2 Å². The summed E-state index contributed by atoms with van der Waals surface area (Å²) >= 11 is 5.98. The number of ether oxygens (including phenoxy) is 1. The van der Waals surface area contributed by atoms with Crippen molar-refractivity contribution in [2.75, 3.05) is 0 Å². The van der Waals surface area contributed by atoms with Gasteiger partial charge in [-0.2, -0.15) is 10.1 Å². The van der Waals surface area contributed by atoms with Gasteiger partial charge in [0.1, 0.15) is 12.4 Å². The zero-order valence-electron chi connectivity index (χ0n) is 20.3. The van der Waals surface area contributed by atoms with Crippen LogP contribution in [0, 0.1) is 11.8 Å². The Labute approximate surface area is 225 Å². The molecule has 0 radical (unpaired) electrons. The maximum Gasteiger partial charge on any atom is 0.254 e. The summed E-state index contributed by atoms with van der Waals surface area (Å²) in [7, 11) is 0. The van der Waals surface area contributed by atoms with Crippen molar-refractivity contribution in [3.63, 3.8) is 0 Å². The average Bonchev–Trinajstić information content (AvgIpc) is 3.21. The second kappa shape index (κ2) is 8.96. The Morgan fingerprint density at radius 3 is 1.76 bits per heavy atom. The van der Waals surface area contributed by atoms with Crippen LogP contribution < -0.4 is 4.74 Å². The molecule has 0 saturated carbocycles. The highest BCUT2D eigenvalue weighted by Gasteiger charge is 2.61. The quantitative estimate of drug-likeness (QED) is 0.235.